The van der Waals surface area contributed by atoms with Crippen LogP contribution in [0.15, 0.2) is 28.9 Å². The molecule has 0 amide bonds. The Hall–Kier alpha value is -0.850. The van der Waals surface area contributed by atoms with Crippen molar-refractivity contribution in [3.63, 3.8) is 0 Å². The Morgan fingerprint density at radius 2 is 2.08 bits per heavy atom. The highest BCUT2D eigenvalue weighted by molar-refractivity contribution is 5.79. The van der Waals surface area contributed by atoms with Crippen LogP contribution >= 0.6 is 0 Å². The first kappa shape index (κ1) is 10.2. The highest BCUT2D eigenvalue weighted by Crippen LogP contribution is 2.36. The average Bonchev–Trinajstić information content (AvgIpc) is 2.88. The lowest BCUT2D eigenvalue weighted by Crippen LogP contribution is -1.93. The van der Waals surface area contributed by atoms with Crippen LogP contribution in [0.5, 0.6) is 0 Å². The smallest absolute Gasteiger partial charge is 0.0392 e. The van der Waals surface area contributed by atoms with E-state index in [0.29, 0.717) is 5.92 Å². The maximum absolute atomic E-state index is 4.46. The van der Waals surface area contributed by atoms with Crippen LogP contribution in [0, 0.1) is 11.8 Å². The molecule has 0 radical (unpaired) electrons. The maximum atomic E-state index is 4.46. The summed E-state index contributed by atoms with van der Waals surface area (Å²) in [6, 6.07) is 0. The molecular formula is C12H19N. The van der Waals surface area contributed by atoms with Gasteiger partial charge in [0.25, 0.3) is 0 Å². The molecule has 1 aliphatic rings. The van der Waals surface area contributed by atoms with Crippen LogP contribution in [0.1, 0.15) is 33.6 Å². The van der Waals surface area contributed by atoms with Crippen LogP contribution in [0.2, 0.25) is 0 Å². The molecule has 13 heavy (non-hydrogen) atoms. The molecule has 1 aliphatic carbocycles. The van der Waals surface area contributed by atoms with Gasteiger partial charge in [0.1, 0.15) is 0 Å². The molecule has 0 aliphatic heterocycles. The molecule has 72 valence electrons. The first-order valence-corrected chi connectivity index (χ1v) is 5.04. The van der Waals surface area contributed by atoms with Crippen LogP contribution in [-0.2, 0) is 0 Å². The van der Waals surface area contributed by atoms with Gasteiger partial charge in [-0.2, -0.15) is 0 Å². The van der Waals surface area contributed by atoms with E-state index in [1.54, 1.807) is 0 Å². The Morgan fingerprint density at radius 1 is 1.46 bits per heavy atom. The van der Waals surface area contributed by atoms with Gasteiger partial charge in [0.2, 0.25) is 0 Å². The minimum absolute atomic E-state index is 0.501. The summed E-state index contributed by atoms with van der Waals surface area (Å²) in [4.78, 5) is 4.46. The van der Waals surface area contributed by atoms with Crippen molar-refractivity contribution < 1.29 is 0 Å². The molecule has 0 heterocycles. The van der Waals surface area contributed by atoms with E-state index in [4.69, 9.17) is 0 Å². The summed E-state index contributed by atoms with van der Waals surface area (Å²) in [7, 11) is 0. The first-order chi connectivity index (χ1) is 6.15. The standard InChI is InChI=1S/C12H19N/c1-5-12(11-6-7-11)13-8-10(4)9(2)3/h5,8-9,11H,4,6-7H2,1-3H3/b12-5-,13-8?. The normalized spacial score (nSPS) is 18.6. The second-order valence-corrected chi connectivity index (χ2v) is 3.98. The van der Waals surface area contributed by atoms with E-state index >= 15 is 0 Å². The van der Waals surface area contributed by atoms with E-state index in [1.807, 2.05) is 6.21 Å². The molecule has 1 saturated carbocycles. The number of hydrogen-bond acceptors (Lipinski definition) is 1. The molecule has 1 rings (SSSR count). The minimum atomic E-state index is 0.501. The van der Waals surface area contributed by atoms with Crippen LogP contribution in [0.25, 0.3) is 0 Å². The molecule has 0 bridgehead atoms. The molecule has 0 aromatic carbocycles. The van der Waals surface area contributed by atoms with E-state index < -0.39 is 0 Å². The van der Waals surface area contributed by atoms with Gasteiger partial charge in [-0.15, -0.1) is 0 Å². The van der Waals surface area contributed by atoms with Crippen molar-refractivity contribution in [2.45, 2.75) is 33.6 Å². The van der Waals surface area contributed by atoms with Crippen LogP contribution < -0.4 is 0 Å². The second kappa shape index (κ2) is 4.40. The number of nitrogens with zero attached hydrogens (tertiary/aromatic N) is 1. The Kier molecular flexibility index (Phi) is 3.47. The van der Waals surface area contributed by atoms with Gasteiger partial charge in [-0.05, 0) is 31.3 Å². The number of allylic oxidation sites excluding steroid dienone is 3. The predicted octanol–water partition coefficient (Wildman–Crippen LogP) is 3.58. The third kappa shape index (κ3) is 3.17. The van der Waals surface area contributed by atoms with Crippen molar-refractivity contribution in [2.24, 2.45) is 16.8 Å². The third-order valence-electron chi connectivity index (χ3n) is 2.41. The first-order valence-electron chi connectivity index (χ1n) is 5.04. The van der Waals surface area contributed by atoms with Crippen LogP contribution in [0.3, 0.4) is 0 Å². The van der Waals surface area contributed by atoms with Gasteiger partial charge >= 0.3 is 0 Å². The lowest BCUT2D eigenvalue weighted by atomic mass is 10.1. The fourth-order valence-electron chi connectivity index (χ4n) is 1.10. The van der Waals surface area contributed by atoms with Crippen molar-refractivity contribution in [3.8, 4) is 0 Å². The van der Waals surface area contributed by atoms with Gasteiger partial charge in [-0.1, -0.05) is 26.5 Å². The summed E-state index contributed by atoms with van der Waals surface area (Å²) in [5.74, 6) is 1.24. The topological polar surface area (TPSA) is 12.4 Å². The van der Waals surface area contributed by atoms with Gasteiger partial charge in [-0.25, -0.2) is 0 Å². The SMILES string of the molecule is C=C(C=N/C(=C\C)C1CC1)C(C)C. The molecule has 0 N–H and O–H groups in total. The number of aliphatic imine (C=N–C) groups is 1. The maximum Gasteiger partial charge on any atom is 0.0392 e. The van der Waals surface area contributed by atoms with Crippen molar-refractivity contribution in [1.82, 2.24) is 0 Å². The van der Waals surface area contributed by atoms with Crippen molar-refractivity contribution >= 4 is 6.21 Å². The Morgan fingerprint density at radius 3 is 2.46 bits per heavy atom. The predicted molar refractivity (Wildman–Crippen MR) is 59.0 cm³/mol. The molecule has 0 atom stereocenters. The van der Waals surface area contributed by atoms with Crippen molar-refractivity contribution in [2.75, 3.05) is 0 Å². The molecular weight excluding hydrogens is 158 g/mol. The van der Waals surface area contributed by atoms with Gasteiger partial charge in [0, 0.05) is 17.8 Å². The minimum Gasteiger partial charge on any atom is -0.261 e. The van der Waals surface area contributed by atoms with E-state index in [9.17, 15) is 0 Å². The molecule has 0 unspecified atom stereocenters. The zero-order chi connectivity index (χ0) is 9.84. The fourth-order valence-corrected chi connectivity index (χ4v) is 1.10. The van der Waals surface area contributed by atoms with Gasteiger partial charge < -0.3 is 0 Å². The van der Waals surface area contributed by atoms with E-state index in [2.05, 4.69) is 38.4 Å². The van der Waals surface area contributed by atoms with Crippen molar-refractivity contribution in [3.05, 3.63) is 23.9 Å². The van der Waals surface area contributed by atoms with Gasteiger partial charge in [0.15, 0.2) is 0 Å². The van der Waals surface area contributed by atoms with Crippen LogP contribution in [0.4, 0.5) is 0 Å². The van der Waals surface area contributed by atoms with E-state index in [1.165, 1.54) is 18.5 Å². The van der Waals surface area contributed by atoms with Crippen molar-refractivity contribution in [1.29, 1.82) is 0 Å². The highest BCUT2D eigenvalue weighted by Gasteiger charge is 2.24. The lowest BCUT2D eigenvalue weighted by molar-refractivity contribution is 0.809. The third-order valence-corrected chi connectivity index (χ3v) is 2.41. The molecule has 0 aromatic rings. The molecule has 1 fully saturated rings. The summed E-state index contributed by atoms with van der Waals surface area (Å²) in [5.41, 5.74) is 2.35. The molecule has 1 nitrogen and oxygen atoms in total. The van der Waals surface area contributed by atoms with E-state index in [-0.39, 0.29) is 0 Å². The quantitative estimate of drug-likeness (QED) is 0.582. The molecule has 1 heteroatoms. The Bertz CT molecular complexity index is 242. The zero-order valence-electron chi connectivity index (χ0n) is 8.88. The summed E-state index contributed by atoms with van der Waals surface area (Å²) < 4.78 is 0. The number of hydrogen-bond donors (Lipinski definition) is 0. The monoisotopic (exact) mass is 177 g/mol. The summed E-state index contributed by atoms with van der Waals surface area (Å²) in [5, 5.41) is 0. The molecule has 0 aromatic heterocycles. The highest BCUT2D eigenvalue weighted by atomic mass is 14.8. The van der Waals surface area contributed by atoms with Gasteiger partial charge in [-0.3, -0.25) is 4.99 Å². The number of rotatable bonds is 4. The summed E-state index contributed by atoms with van der Waals surface area (Å²) >= 11 is 0. The lowest BCUT2D eigenvalue weighted by Gasteiger charge is -2.02. The summed E-state index contributed by atoms with van der Waals surface area (Å²) in [6.07, 6.45) is 6.65. The molecule has 0 saturated heterocycles. The van der Waals surface area contributed by atoms with Crippen LogP contribution in [-0.4, -0.2) is 6.21 Å². The average molecular weight is 177 g/mol. The van der Waals surface area contributed by atoms with E-state index in [0.717, 1.165) is 11.5 Å². The zero-order valence-corrected chi connectivity index (χ0v) is 8.88. The summed E-state index contributed by atoms with van der Waals surface area (Å²) in [6.45, 7) is 10.3. The van der Waals surface area contributed by atoms with Gasteiger partial charge in [0.05, 0.1) is 0 Å². The fraction of sp³-hybridized carbons (Fsp3) is 0.583. The second-order valence-electron chi connectivity index (χ2n) is 3.98. The molecule has 0 spiro atoms. The Labute approximate surface area is 81.3 Å². The largest absolute Gasteiger partial charge is 0.261 e. The Balaban J connectivity index is 2.50.